The standard InChI is InChI=1S/C23H20N2O3/c1-27-17-11-7-15(8-12-17)21(16-9-13-18(28-2)14-10-16)22-19-5-3-4-6-20(19)23(26)25-24-22/h3-14,21H,1-2H3,(H,25,26). The van der Waals surface area contributed by atoms with Crippen LogP contribution in [0.3, 0.4) is 0 Å². The van der Waals surface area contributed by atoms with Crippen molar-refractivity contribution in [1.29, 1.82) is 0 Å². The van der Waals surface area contributed by atoms with Crippen molar-refractivity contribution < 1.29 is 9.47 Å². The molecule has 5 heteroatoms. The van der Waals surface area contributed by atoms with Gasteiger partial charge in [-0.25, -0.2) is 5.10 Å². The highest BCUT2D eigenvalue weighted by Gasteiger charge is 2.22. The minimum Gasteiger partial charge on any atom is -0.497 e. The predicted molar refractivity (Wildman–Crippen MR) is 109 cm³/mol. The summed E-state index contributed by atoms with van der Waals surface area (Å²) < 4.78 is 10.6. The number of H-pyrrole nitrogens is 1. The number of ether oxygens (including phenoxy) is 2. The maximum Gasteiger partial charge on any atom is 0.272 e. The molecular formula is C23H20N2O3. The monoisotopic (exact) mass is 372 g/mol. The van der Waals surface area contributed by atoms with Gasteiger partial charge < -0.3 is 9.47 Å². The Kier molecular flexibility index (Phi) is 4.81. The summed E-state index contributed by atoms with van der Waals surface area (Å²) in [4.78, 5) is 12.2. The second-order valence-electron chi connectivity index (χ2n) is 6.46. The molecule has 0 saturated heterocycles. The van der Waals surface area contributed by atoms with E-state index >= 15 is 0 Å². The largest absolute Gasteiger partial charge is 0.497 e. The molecule has 3 aromatic carbocycles. The molecule has 140 valence electrons. The van der Waals surface area contributed by atoms with Gasteiger partial charge in [0.05, 0.1) is 31.2 Å². The molecule has 0 saturated carbocycles. The summed E-state index contributed by atoms with van der Waals surface area (Å²) >= 11 is 0. The van der Waals surface area contributed by atoms with E-state index in [1.165, 1.54) is 0 Å². The van der Waals surface area contributed by atoms with Crippen LogP contribution >= 0.6 is 0 Å². The Morgan fingerprint density at radius 1 is 0.750 bits per heavy atom. The molecule has 0 spiro atoms. The zero-order valence-electron chi connectivity index (χ0n) is 15.7. The Bertz CT molecular complexity index is 1100. The molecule has 5 nitrogen and oxygen atoms in total. The first-order valence-corrected chi connectivity index (χ1v) is 8.96. The normalized spacial score (nSPS) is 11.0. The number of aromatic amines is 1. The molecule has 1 aromatic heterocycles. The van der Waals surface area contributed by atoms with Gasteiger partial charge in [0.1, 0.15) is 11.5 Å². The second-order valence-corrected chi connectivity index (χ2v) is 6.46. The summed E-state index contributed by atoms with van der Waals surface area (Å²) in [6.45, 7) is 0. The lowest BCUT2D eigenvalue weighted by atomic mass is 9.86. The second kappa shape index (κ2) is 7.56. The molecular weight excluding hydrogens is 352 g/mol. The van der Waals surface area contributed by atoms with E-state index in [0.717, 1.165) is 33.7 Å². The molecule has 0 aliphatic heterocycles. The van der Waals surface area contributed by atoms with Crippen molar-refractivity contribution in [2.75, 3.05) is 14.2 Å². The molecule has 0 aliphatic rings. The molecule has 4 aromatic rings. The van der Waals surface area contributed by atoms with Crippen LogP contribution in [0.5, 0.6) is 11.5 Å². The summed E-state index contributed by atoms with van der Waals surface area (Å²) in [6.07, 6.45) is 0. The molecule has 28 heavy (non-hydrogen) atoms. The third-order valence-electron chi connectivity index (χ3n) is 4.90. The molecule has 0 aliphatic carbocycles. The Morgan fingerprint density at radius 3 is 1.75 bits per heavy atom. The van der Waals surface area contributed by atoms with Crippen molar-refractivity contribution in [3.05, 3.63) is 100.0 Å². The summed E-state index contributed by atoms with van der Waals surface area (Å²) in [6, 6.07) is 23.3. The van der Waals surface area contributed by atoms with Crippen molar-refractivity contribution in [1.82, 2.24) is 10.2 Å². The van der Waals surface area contributed by atoms with Crippen molar-refractivity contribution in [3.8, 4) is 11.5 Å². The quantitative estimate of drug-likeness (QED) is 0.572. The van der Waals surface area contributed by atoms with E-state index < -0.39 is 0 Å². The molecule has 4 rings (SSSR count). The number of fused-ring (bicyclic) bond motifs is 1. The highest BCUT2D eigenvalue weighted by atomic mass is 16.5. The Hall–Kier alpha value is -3.60. The maximum atomic E-state index is 12.2. The number of nitrogens with zero attached hydrogens (tertiary/aromatic N) is 1. The molecule has 1 N–H and O–H groups in total. The SMILES string of the molecule is COc1ccc(C(c2ccc(OC)cc2)c2n[nH]c(=O)c3ccccc23)cc1. The van der Waals surface area contributed by atoms with E-state index in [4.69, 9.17) is 9.47 Å². The van der Waals surface area contributed by atoms with Crippen molar-refractivity contribution in [2.45, 2.75) is 5.92 Å². The summed E-state index contributed by atoms with van der Waals surface area (Å²) in [7, 11) is 3.29. The highest BCUT2D eigenvalue weighted by molar-refractivity contribution is 5.84. The Labute approximate surface area is 162 Å². The van der Waals surface area contributed by atoms with Crippen LogP contribution < -0.4 is 15.0 Å². The minimum atomic E-state index is -0.192. The zero-order chi connectivity index (χ0) is 19.5. The molecule has 0 fully saturated rings. The van der Waals surface area contributed by atoms with Crippen LogP contribution in [-0.2, 0) is 0 Å². The van der Waals surface area contributed by atoms with Gasteiger partial charge in [0.25, 0.3) is 5.56 Å². The van der Waals surface area contributed by atoms with Crippen molar-refractivity contribution in [3.63, 3.8) is 0 Å². The van der Waals surface area contributed by atoms with Gasteiger partial charge in [-0.3, -0.25) is 4.79 Å². The van der Waals surface area contributed by atoms with Gasteiger partial charge in [-0.15, -0.1) is 0 Å². The average Bonchev–Trinajstić information content (AvgIpc) is 2.76. The number of methoxy groups -OCH3 is 2. The van der Waals surface area contributed by atoms with E-state index in [9.17, 15) is 4.79 Å². The van der Waals surface area contributed by atoms with E-state index in [0.29, 0.717) is 5.39 Å². The number of rotatable bonds is 5. The van der Waals surface area contributed by atoms with Crippen LogP contribution in [0.1, 0.15) is 22.7 Å². The molecule has 1 heterocycles. The van der Waals surface area contributed by atoms with Crippen LogP contribution in [0.25, 0.3) is 10.8 Å². The van der Waals surface area contributed by atoms with Crippen molar-refractivity contribution in [2.24, 2.45) is 0 Å². The fourth-order valence-corrected chi connectivity index (χ4v) is 3.46. The lowest BCUT2D eigenvalue weighted by Crippen LogP contribution is -2.15. The van der Waals surface area contributed by atoms with Gasteiger partial charge in [-0.05, 0) is 41.5 Å². The van der Waals surface area contributed by atoms with Crippen LogP contribution in [0.4, 0.5) is 0 Å². The number of hydrogen-bond acceptors (Lipinski definition) is 4. The summed E-state index contributed by atoms with van der Waals surface area (Å²) in [5, 5.41) is 8.56. The summed E-state index contributed by atoms with van der Waals surface area (Å²) in [5.41, 5.74) is 2.71. The highest BCUT2D eigenvalue weighted by Crippen LogP contribution is 2.35. The predicted octanol–water partition coefficient (Wildman–Crippen LogP) is 4.12. The van der Waals surface area contributed by atoms with E-state index in [1.807, 2.05) is 72.8 Å². The van der Waals surface area contributed by atoms with Gasteiger partial charge in [0.2, 0.25) is 0 Å². The van der Waals surface area contributed by atoms with E-state index in [1.54, 1.807) is 14.2 Å². The van der Waals surface area contributed by atoms with E-state index in [2.05, 4.69) is 10.2 Å². The lowest BCUT2D eigenvalue weighted by molar-refractivity contribution is 0.414. The van der Waals surface area contributed by atoms with Crippen LogP contribution in [0.15, 0.2) is 77.6 Å². The molecule has 0 atom stereocenters. The maximum absolute atomic E-state index is 12.2. The third-order valence-corrected chi connectivity index (χ3v) is 4.90. The number of nitrogens with one attached hydrogen (secondary N) is 1. The summed E-state index contributed by atoms with van der Waals surface area (Å²) in [5.74, 6) is 1.42. The van der Waals surface area contributed by atoms with Gasteiger partial charge >= 0.3 is 0 Å². The first kappa shape index (κ1) is 17.8. The molecule has 0 radical (unpaired) electrons. The third kappa shape index (κ3) is 3.22. The van der Waals surface area contributed by atoms with Crippen LogP contribution in [0.2, 0.25) is 0 Å². The lowest BCUT2D eigenvalue weighted by Gasteiger charge is -2.19. The topological polar surface area (TPSA) is 64.2 Å². The number of aromatic nitrogens is 2. The Morgan fingerprint density at radius 2 is 1.25 bits per heavy atom. The van der Waals surface area contributed by atoms with Gasteiger partial charge in [-0.1, -0.05) is 42.5 Å². The Balaban J connectivity index is 1.94. The molecule has 0 amide bonds. The van der Waals surface area contributed by atoms with Crippen molar-refractivity contribution >= 4 is 10.8 Å². The zero-order valence-corrected chi connectivity index (χ0v) is 15.7. The number of hydrogen-bond donors (Lipinski definition) is 1. The first-order valence-electron chi connectivity index (χ1n) is 8.96. The van der Waals surface area contributed by atoms with Crippen LogP contribution in [-0.4, -0.2) is 24.4 Å². The smallest absolute Gasteiger partial charge is 0.272 e. The minimum absolute atomic E-state index is 0.154. The fourth-order valence-electron chi connectivity index (χ4n) is 3.46. The number of benzene rings is 3. The molecule has 0 unspecified atom stereocenters. The van der Waals surface area contributed by atoms with Gasteiger partial charge in [0.15, 0.2) is 0 Å². The van der Waals surface area contributed by atoms with Gasteiger partial charge in [-0.2, -0.15) is 5.10 Å². The van der Waals surface area contributed by atoms with E-state index in [-0.39, 0.29) is 11.5 Å². The van der Waals surface area contributed by atoms with Crippen LogP contribution in [0, 0.1) is 0 Å². The molecule has 0 bridgehead atoms. The van der Waals surface area contributed by atoms with Gasteiger partial charge in [0, 0.05) is 5.39 Å². The first-order chi connectivity index (χ1) is 13.7. The fraction of sp³-hybridized carbons (Fsp3) is 0.130. The average molecular weight is 372 g/mol.